The van der Waals surface area contributed by atoms with E-state index in [9.17, 15) is 9.59 Å². The number of thioether (sulfide) groups is 1. The van der Waals surface area contributed by atoms with Crippen molar-refractivity contribution in [3.63, 3.8) is 0 Å². The molecule has 0 spiro atoms. The van der Waals surface area contributed by atoms with E-state index in [0.29, 0.717) is 24.1 Å². The van der Waals surface area contributed by atoms with Crippen LogP contribution in [0.15, 0.2) is 24.3 Å². The monoisotopic (exact) mass is 336 g/mol. The van der Waals surface area contributed by atoms with Crippen LogP contribution in [0.4, 0.5) is 0 Å². The summed E-state index contributed by atoms with van der Waals surface area (Å²) in [6, 6.07) is 7.11. The molecular formula is C17H24N2O3S. The molecule has 2 rings (SSSR count). The number of nitrogens with zero attached hydrogens (tertiary/aromatic N) is 1. The minimum Gasteiger partial charge on any atom is -0.497 e. The van der Waals surface area contributed by atoms with Gasteiger partial charge < -0.3 is 15.0 Å². The van der Waals surface area contributed by atoms with Crippen LogP contribution in [0.3, 0.4) is 0 Å². The molecule has 0 aromatic heterocycles. The molecule has 1 aliphatic heterocycles. The van der Waals surface area contributed by atoms with Gasteiger partial charge in [0.1, 0.15) is 11.8 Å². The van der Waals surface area contributed by atoms with Gasteiger partial charge in [0, 0.05) is 12.3 Å². The summed E-state index contributed by atoms with van der Waals surface area (Å²) in [5.41, 5.74) is 0.896. The van der Waals surface area contributed by atoms with E-state index in [1.54, 1.807) is 23.8 Å². The average molecular weight is 336 g/mol. The first-order chi connectivity index (χ1) is 11.0. The lowest BCUT2D eigenvalue weighted by atomic mass is 10.1. The van der Waals surface area contributed by atoms with Crippen molar-refractivity contribution in [1.82, 2.24) is 10.2 Å². The third-order valence-electron chi connectivity index (χ3n) is 3.68. The first-order valence-corrected chi connectivity index (χ1v) is 8.94. The summed E-state index contributed by atoms with van der Waals surface area (Å²) < 4.78 is 5.18. The van der Waals surface area contributed by atoms with Gasteiger partial charge in [0.25, 0.3) is 0 Å². The maximum atomic E-state index is 12.6. The Morgan fingerprint density at radius 3 is 2.91 bits per heavy atom. The molecular weight excluding hydrogens is 312 g/mol. The van der Waals surface area contributed by atoms with Gasteiger partial charge in [-0.15, -0.1) is 11.8 Å². The predicted molar refractivity (Wildman–Crippen MR) is 92.5 cm³/mol. The van der Waals surface area contributed by atoms with E-state index in [2.05, 4.69) is 19.2 Å². The maximum absolute atomic E-state index is 12.6. The number of methoxy groups -OCH3 is 1. The van der Waals surface area contributed by atoms with E-state index in [0.717, 1.165) is 11.3 Å². The fourth-order valence-corrected chi connectivity index (χ4v) is 3.57. The normalized spacial score (nSPS) is 17.4. The van der Waals surface area contributed by atoms with Crippen LogP contribution in [0, 0.1) is 5.92 Å². The Hall–Kier alpha value is -1.69. The molecule has 0 radical (unpaired) electrons. The lowest BCUT2D eigenvalue weighted by Gasteiger charge is -2.23. The molecule has 126 valence electrons. The van der Waals surface area contributed by atoms with Crippen LogP contribution in [-0.4, -0.2) is 48.0 Å². The van der Waals surface area contributed by atoms with Gasteiger partial charge in [0.05, 0.1) is 19.4 Å². The van der Waals surface area contributed by atoms with Gasteiger partial charge in [-0.25, -0.2) is 0 Å². The molecule has 0 aliphatic carbocycles. The molecule has 1 N–H and O–H groups in total. The Labute approximate surface area is 141 Å². The largest absolute Gasteiger partial charge is 0.497 e. The molecule has 1 saturated heterocycles. The van der Waals surface area contributed by atoms with E-state index in [-0.39, 0.29) is 24.3 Å². The number of hydrogen-bond acceptors (Lipinski definition) is 4. The van der Waals surface area contributed by atoms with Crippen LogP contribution in [0.1, 0.15) is 19.4 Å². The highest BCUT2D eigenvalue weighted by atomic mass is 32.2. The minimum atomic E-state index is -0.364. The van der Waals surface area contributed by atoms with Crippen LogP contribution in [-0.2, 0) is 16.0 Å². The van der Waals surface area contributed by atoms with E-state index in [1.165, 1.54) is 0 Å². The van der Waals surface area contributed by atoms with Crippen molar-refractivity contribution in [3.8, 4) is 5.75 Å². The van der Waals surface area contributed by atoms with Gasteiger partial charge in [-0.2, -0.15) is 0 Å². The molecule has 1 atom stereocenters. The summed E-state index contributed by atoms with van der Waals surface area (Å²) in [7, 11) is 1.60. The van der Waals surface area contributed by atoms with Gasteiger partial charge in [0.2, 0.25) is 11.8 Å². The number of carbonyl (C=O) groups excluding carboxylic acids is 2. The van der Waals surface area contributed by atoms with Crippen molar-refractivity contribution in [2.24, 2.45) is 5.92 Å². The number of benzene rings is 1. The lowest BCUT2D eigenvalue weighted by Crippen LogP contribution is -2.48. The number of nitrogens with one attached hydrogen (secondary N) is 1. The summed E-state index contributed by atoms with van der Waals surface area (Å²) in [5, 5.41) is 2.92. The summed E-state index contributed by atoms with van der Waals surface area (Å²) in [5.74, 6) is 2.29. The Morgan fingerprint density at radius 1 is 1.43 bits per heavy atom. The van der Waals surface area contributed by atoms with Crippen molar-refractivity contribution in [1.29, 1.82) is 0 Å². The number of rotatable bonds is 6. The Balaban J connectivity index is 1.98. The highest BCUT2D eigenvalue weighted by molar-refractivity contribution is 7.99. The Kier molecular flexibility index (Phi) is 6.33. The third kappa shape index (κ3) is 4.89. The van der Waals surface area contributed by atoms with Gasteiger partial charge in [0.15, 0.2) is 0 Å². The SMILES string of the molecule is COc1cccc(CC(=O)N2CSC[C@H]2C(=O)NCC(C)C)c1. The van der Waals surface area contributed by atoms with Gasteiger partial charge in [-0.3, -0.25) is 9.59 Å². The average Bonchev–Trinajstić information content (AvgIpc) is 3.02. The second kappa shape index (κ2) is 8.24. The minimum absolute atomic E-state index is 0.0204. The van der Waals surface area contributed by atoms with Crippen molar-refractivity contribution in [3.05, 3.63) is 29.8 Å². The summed E-state index contributed by atoms with van der Waals surface area (Å²) in [6.07, 6.45) is 0.283. The number of hydrogen-bond donors (Lipinski definition) is 1. The third-order valence-corrected chi connectivity index (χ3v) is 4.69. The Morgan fingerprint density at radius 2 is 2.22 bits per heavy atom. The molecule has 1 aromatic carbocycles. The lowest BCUT2D eigenvalue weighted by molar-refractivity contribution is -0.137. The smallest absolute Gasteiger partial charge is 0.243 e. The van der Waals surface area contributed by atoms with E-state index in [4.69, 9.17) is 4.74 Å². The first kappa shape index (κ1) is 17.7. The summed E-state index contributed by atoms with van der Waals surface area (Å²) in [4.78, 5) is 26.5. The van der Waals surface area contributed by atoms with Crippen molar-refractivity contribution >= 4 is 23.6 Å². The zero-order valence-electron chi connectivity index (χ0n) is 13.9. The molecule has 5 nitrogen and oxygen atoms in total. The molecule has 0 bridgehead atoms. The fraction of sp³-hybridized carbons (Fsp3) is 0.529. The van der Waals surface area contributed by atoms with Crippen molar-refractivity contribution in [2.75, 3.05) is 25.3 Å². The molecule has 1 aromatic rings. The van der Waals surface area contributed by atoms with Crippen LogP contribution in [0.2, 0.25) is 0 Å². The predicted octanol–water partition coefficient (Wildman–Crippen LogP) is 1.91. The van der Waals surface area contributed by atoms with Crippen LogP contribution < -0.4 is 10.1 Å². The second-order valence-corrected chi connectivity index (χ2v) is 7.05. The fourth-order valence-electron chi connectivity index (χ4n) is 2.39. The van der Waals surface area contributed by atoms with Crippen molar-refractivity contribution < 1.29 is 14.3 Å². The molecule has 1 heterocycles. The van der Waals surface area contributed by atoms with Crippen LogP contribution >= 0.6 is 11.8 Å². The highest BCUT2D eigenvalue weighted by Crippen LogP contribution is 2.23. The van der Waals surface area contributed by atoms with Gasteiger partial charge in [-0.05, 0) is 23.6 Å². The Bertz CT molecular complexity index is 563. The standard InChI is InChI=1S/C17H24N2O3S/c1-12(2)9-18-17(21)15-10-23-11-19(15)16(20)8-13-5-4-6-14(7-13)22-3/h4-7,12,15H,8-11H2,1-3H3,(H,18,21)/t15-/m0/s1. The number of ether oxygens (including phenoxy) is 1. The maximum Gasteiger partial charge on any atom is 0.243 e. The van der Waals surface area contributed by atoms with Crippen molar-refractivity contribution in [2.45, 2.75) is 26.3 Å². The van der Waals surface area contributed by atoms with E-state index < -0.39 is 0 Å². The number of carbonyl (C=O) groups is 2. The molecule has 1 fully saturated rings. The zero-order valence-corrected chi connectivity index (χ0v) is 14.7. The summed E-state index contributed by atoms with van der Waals surface area (Å²) >= 11 is 1.62. The van der Waals surface area contributed by atoms with E-state index in [1.807, 2.05) is 24.3 Å². The molecule has 1 aliphatic rings. The van der Waals surface area contributed by atoms with Gasteiger partial charge in [-0.1, -0.05) is 26.0 Å². The molecule has 2 amide bonds. The zero-order chi connectivity index (χ0) is 16.8. The number of amides is 2. The second-order valence-electron chi connectivity index (χ2n) is 6.05. The molecule has 0 unspecified atom stereocenters. The first-order valence-electron chi connectivity index (χ1n) is 7.79. The quantitative estimate of drug-likeness (QED) is 0.862. The van der Waals surface area contributed by atoms with E-state index >= 15 is 0 Å². The summed E-state index contributed by atoms with van der Waals surface area (Å²) in [6.45, 7) is 4.74. The molecule has 6 heteroatoms. The topological polar surface area (TPSA) is 58.6 Å². The van der Waals surface area contributed by atoms with Crippen LogP contribution in [0.25, 0.3) is 0 Å². The van der Waals surface area contributed by atoms with Gasteiger partial charge >= 0.3 is 0 Å². The van der Waals surface area contributed by atoms with Crippen LogP contribution in [0.5, 0.6) is 5.75 Å². The molecule has 23 heavy (non-hydrogen) atoms. The molecule has 0 saturated carbocycles. The highest BCUT2D eigenvalue weighted by Gasteiger charge is 2.34.